The topological polar surface area (TPSA) is 78.9 Å². The molecule has 1 atom stereocenters. The lowest BCUT2D eigenvalue weighted by Crippen LogP contribution is -2.30. The van der Waals surface area contributed by atoms with E-state index < -0.39 is 6.10 Å². The molecule has 0 aliphatic heterocycles. The Morgan fingerprint density at radius 1 is 0.266 bits per heavy atom. The highest BCUT2D eigenvalue weighted by molar-refractivity contribution is 5.71. The molecule has 1 unspecified atom stereocenters. The van der Waals surface area contributed by atoms with Crippen molar-refractivity contribution in [2.45, 2.75) is 322 Å². The van der Waals surface area contributed by atoms with Gasteiger partial charge < -0.3 is 14.2 Å². The molecule has 0 bridgehead atoms. The van der Waals surface area contributed by atoms with Gasteiger partial charge in [-0.1, -0.05) is 278 Å². The number of ether oxygens (including phenoxy) is 3. The highest BCUT2D eigenvalue weighted by Crippen LogP contribution is 2.16. The Kier molecular flexibility index (Phi) is 63.3. The van der Waals surface area contributed by atoms with E-state index in [1.807, 2.05) is 0 Å². The van der Waals surface area contributed by atoms with Crippen molar-refractivity contribution in [2.75, 3.05) is 13.2 Å². The summed E-state index contributed by atoms with van der Waals surface area (Å²) in [5, 5.41) is 0. The molecule has 0 aliphatic rings. The highest BCUT2D eigenvalue weighted by atomic mass is 16.6. The van der Waals surface area contributed by atoms with Crippen molar-refractivity contribution < 1.29 is 28.6 Å². The Bertz CT molecular complexity index is 1590. The Balaban J connectivity index is 4.37. The molecule has 0 fully saturated rings. The quantitative estimate of drug-likeness (QED) is 0.0261. The predicted octanol–water partition coefficient (Wildman–Crippen LogP) is 23.0. The highest BCUT2D eigenvalue weighted by Gasteiger charge is 2.19. The second kappa shape index (κ2) is 66.6. The lowest BCUT2D eigenvalue weighted by molar-refractivity contribution is -0.167. The van der Waals surface area contributed by atoms with E-state index in [-0.39, 0.29) is 31.1 Å². The maximum absolute atomic E-state index is 12.9. The van der Waals surface area contributed by atoms with Crippen LogP contribution in [-0.2, 0) is 28.6 Å². The standard InChI is InChI=1S/C73H124O6/c1-4-7-10-13-16-19-22-25-28-30-32-33-34-35-36-37-38-39-41-42-45-48-51-54-57-60-63-66-72(75)78-69-70(68-77-71(74)65-62-59-56-53-50-47-44-27-24-21-18-15-12-9-6-3)79-73(76)67-64-61-58-55-52-49-46-43-40-31-29-26-23-20-17-14-11-8-5-2/h7,10,16-17,19-20,25-29,32-33,35-36,38-39,44,70H,4-6,8-9,11-15,18,21-24,30-31,34,37,40-43,45-69H2,1-3H3/b10-7-,19-16-,20-17-,28-25-,29-26-,33-32-,36-35-,39-38-,44-27-. The first-order valence-electron chi connectivity index (χ1n) is 33.4. The van der Waals surface area contributed by atoms with Crippen molar-refractivity contribution in [3.63, 3.8) is 0 Å². The van der Waals surface area contributed by atoms with Gasteiger partial charge >= 0.3 is 17.9 Å². The van der Waals surface area contributed by atoms with Crippen LogP contribution in [0.15, 0.2) is 109 Å². The molecule has 0 aromatic carbocycles. The Hall–Kier alpha value is -3.93. The molecule has 0 N–H and O–H groups in total. The van der Waals surface area contributed by atoms with Crippen LogP contribution in [0.4, 0.5) is 0 Å². The number of hydrogen-bond acceptors (Lipinski definition) is 6. The van der Waals surface area contributed by atoms with E-state index in [1.165, 1.54) is 161 Å². The van der Waals surface area contributed by atoms with Gasteiger partial charge in [-0.15, -0.1) is 0 Å². The molecule has 452 valence electrons. The molecule has 0 radical (unpaired) electrons. The van der Waals surface area contributed by atoms with Gasteiger partial charge in [-0.25, -0.2) is 0 Å². The number of rotatable bonds is 60. The smallest absolute Gasteiger partial charge is 0.306 e. The number of carbonyl (C=O) groups excluding carboxylic acids is 3. The van der Waals surface area contributed by atoms with Crippen molar-refractivity contribution >= 4 is 17.9 Å². The average Bonchev–Trinajstić information content (AvgIpc) is 3.45. The molecule has 0 spiro atoms. The second-order valence-electron chi connectivity index (χ2n) is 22.0. The summed E-state index contributed by atoms with van der Waals surface area (Å²) >= 11 is 0. The first-order valence-corrected chi connectivity index (χ1v) is 33.4. The molecule has 0 saturated heterocycles. The third-order valence-corrected chi connectivity index (χ3v) is 14.2. The summed E-state index contributed by atoms with van der Waals surface area (Å²) in [5.74, 6) is -0.897. The molecule has 6 heteroatoms. The fourth-order valence-electron chi connectivity index (χ4n) is 9.24. The summed E-state index contributed by atoms with van der Waals surface area (Å²) in [6.07, 6.45) is 90.9. The van der Waals surface area contributed by atoms with Crippen molar-refractivity contribution in [3.05, 3.63) is 109 Å². The predicted molar refractivity (Wildman–Crippen MR) is 343 cm³/mol. The minimum atomic E-state index is -0.790. The van der Waals surface area contributed by atoms with Gasteiger partial charge in [0.2, 0.25) is 0 Å². The summed E-state index contributed by atoms with van der Waals surface area (Å²) < 4.78 is 16.9. The summed E-state index contributed by atoms with van der Waals surface area (Å²) in [6, 6.07) is 0. The summed E-state index contributed by atoms with van der Waals surface area (Å²) in [4.78, 5) is 38.4. The Morgan fingerprint density at radius 2 is 0.494 bits per heavy atom. The zero-order valence-corrected chi connectivity index (χ0v) is 51.9. The van der Waals surface area contributed by atoms with Crippen LogP contribution < -0.4 is 0 Å². The average molecular weight is 1100 g/mol. The van der Waals surface area contributed by atoms with Gasteiger partial charge in [0.05, 0.1) is 0 Å². The van der Waals surface area contributed by atoms with Gasteiger partial charge in [-0.05, 0) is 128 Å². The molecule has 6 nitrogen and oxygen atoms in total. The first kappa shape index (κ1) is 75.1. The van der Waals surface area contributed by atoms with Crippen LogP contribution in [0.25, 0.3) is 0 Å². The third kappa shape index (κ3) is 64.8. The van der Waals surface area contributed by atoms with Gasteiger partial charge in [0, 0.05) is 19.3 Å². The first-order chi connectivity index (χ1) is 39.0. The van der Waals surface area contributed by atoms with Crippen molar-refractivity contribution in [1.29, 1.82) is 0 Å². The molecule has 0 aromatic heterocycles. The maximum atomic E-state index is 12.9. The molecule has 79 heavy (non-hydrogen) atoms. The minimum absolute atomic E-state index is 0.0862. The number of hydrogen-bond donors (Lipinski definition) is 0. The number of unbranched alkanes of at least 4 members (excludes halogenated alkanes) is 31. The molecule has 0 heterocycles. The number of esters is 3. The SMILES string of the molecule is CC/C=C\C/C=C\C/C=C\C/C=C\C/C=C\C/C=C\CCCCCCCCCCC(=O)OCC(COC(=O)CCCCCCC/C=C\CCCCCCCC)OC(=O)CCCCCCCCCCC/C=C\C/C=C\CCCCC. The lowest BCUT2D eigenvalue weighted by Gasteiger charge is -2.18. The Morgan fingerprint density at radius 3 is 0.810 bits per heavy atom. The van der Waals surface area contributed by atoms with E-state index in [0.29, 0.717) is 19.3 Å². The van der Waals surface area contributed by atoms with Gasteiger partial charge in [-0.2, -0.15) is 0 Å². The molecule has 0 amide bonds. The largest absolute Gasteiger partial charge is 0.462 e. The van der Waals surface area contributed by atoms with Gasteiger partial charge in [0.1, 0.15) is 13.2 Å². The summed E-state index contributed by atoms with van der Waals surface area (Å²) in [5.41, 5.74) is 0. The van der Waals surface area contributed by atoms with Gasteiger partial charge in [0.25, 0.3) is 0 Å². The molecule has 0 saturated carbocycles. The van der Waals surface area contributed by atoms with E-state index in [9.17, 15) is 14.4 Å². The van der Waals surface area contributed by atoms with Crippen LogP contribution >= 0.6 is 0 Å². The van der Waals surface area contributed by atoms with Gasteiger partial charge in [0.15, 0.2) is 6.10 Å². The Labute approximate surface area is 489 Å². The maximum Gasteiger partial charge on any atom is 0.306 e. The van der Waals surface area contributed by atoms with Crippen molar-refractivity contribution in [1.82, 2.24) is 0 Å². The molecular weight excluding hydrogens is 973 g/mol. The number of allylic oxidation sites excluding steroid dienone is 18. The van der Waals surface area contributed by atoms with Crippen LogP contribution in [0.5, 0.6) is 0 Å². The zero-order chi connectivity index (χ0) is 57.1. The fraction of sp³-hybridized carbons (Fsp3) is 0.712. The molecular formula is C73H124O6. The summed E-state index contributed by atoms with van der Waals surface area (Å²) in [6.45, 7) is 6.51. The van der Waals surface area contributed by atoms with Crippen molar-refractivity contribution in [2.24, 2.45) is 0 Å². The van der Waals surface area contributed by atoms with Crippen LogP contribution in [-0.4, -0.2) is 37.2 Å². The van der Waals surface area contributed by atoms with E-state index in [0.717, 1.165) is 116 Å². The monoisotopic (exact) mass is 1100 g/mol. The number of carbonyl (C=O) groups is 3. The minimum Gasteiger partial charge on any atom is -0.462 e. The van der Waals surface area contributed by atoms with E-state index in [2.05, 4.69) is 130 Å². The normalized spacial score (nSPS) is 12.8. The zero-order valence-electron chi connectivity index (χ0n) is 51.9. The lowest BCUT2D eigenvalue weighted by atomic mass is 10.1. The fourth-order valence-corrected chi connectivity index (χ4v) is 9.24. The van der Waals surface area contributed by atoms with Crippen LogP contribution in [0.3, 0.4) is 0 Å². The third-order valence-electron chi connectivity index (χ3n) is 14.2. The molecule has 0 aromatic rings. The summed E-state index contributed by atoms with van der Waals surface area (Å²) in [7, 11) is 0. The van der Waals surface area contributed by atoms with Crippen LogP contribution in [0.2, 0.25) is 0 Å². The van der Waals surface area contributed by atoms with Crippen LogP contribution in [0.1, 0.15) is 316 Å². The van der Waals surface area contributed by atoms with Gasteiger partial charge in [-0.3, -0.25) is 14.4 Å². The second-order valence-corrected chi connectivity index (χ2v) is 22.0. The van der Waals surface area contributed by atoms with Crippen LogP contribution in [0, 0.1) is 0 Å². The molecule has 0 aliphatic carbocycles. The molecule has 0 rings (SSSR count). The van der Waals surface area contributed by atoms with E-state index in [1.54, 1.807) is 0 Å². The van der Waals surface area contributed by atoms with Crippen molar-refractivity contribution in [3.8, 4) is 0 Å². The van der Waals surface area contributed by atoms with E-state index >= 15 is 0 Å². The van der Waals surface area contributed by atoms with E-state index in [4.69, 9.17) is 14.2 Å².